The Morgan fingerprint density at radius 3 is 2.49 bits per heavy atom. The summed E-state index contributed by atoms with van der Waals surface area (Å²) in [5.41, 5.74) is 2.57. The highest BCUT2D eigenvalue weighted by Gasteiger charge is 2.46. The summed E-state index contributed by atoms with van der Waals surface area (Å²) in [6.45, 7) is 12.9. The van der Waals surface area contributed by atoms with Gasteiger partial charge >= 0.3 is 6.09 Å². The number of likely N-dealkylation sites (tertiary alicyclic amines) is 2. The van der Waals surface area contributed by atoms with Crippen molar-refractivity contribution in [1.29, 1.82) is 0 Å². The van der Waals surface area contributed by atoms with Gasteiger partial charge in [0.2, 0.25) is 11.8 Å². The summed E-state index contributed by atoms with van der Waals surface area (Å²) in [6.07, 6.45) is 2.77. The van der Waals surface area contributed by atoms with E-state index < -0.39 is 11.6 Å². The average molecular weight is 538 g/mol. The number of piperidine rings is 2. The van der Waals surface area contributed by atoms with E-state index in [-0.39, 0.29) is 30.2 Å². The minimum absolute atomic E-state index is 0.119. The third-order valence-corrected chi connectivity index (χ3v) is 8.97. The number of fused-ring (bicyclic) bond motifs is 1. The quantitative estimate of drug-likeness (QED) is 0.588. The van der Waals surface area contributed by atoms with Crippen LogP contribution in [0.15, 0.2) is 18.2 Å². The Balaban J connectivity index is 0.972. The van der Waals surface area contributed by atoms with Crippen LogP contribution in [0.3, 0.4) is 0 Å². The highest BCUT2D eigenvalue weighted by atomic mass is 16.6. The lowest BCUT2D eigenvalue weighted by molar-refractivity contribution is -0.136. The smallest absolute Gasteiger partial charge is 0.410 e. The van der Waals surface area contributed by atoms with E-state index in [0.717, 1.165) is 57.1 Å². The van der Waals surface area contributed by atoms with Gasteiger partial charge in [-0.15, -0.1) is 0 Å². The van der Waals surface area contributed by atoms with Crippen LogP contribution in [-0.2, 0) is 20.9 Å². The van der Waals surface area contributed by atoms with E-state index in [1.807, 2.05) is 32.9 Å². The second kappa shape index (κ2) is 9.50. The molecule has 1 N–H and O–H groups in total. The summed E-state index contributed by atoms with van der Waals surface area (Å²) in [4.78, 5) is 57.5. The molecule has 4 fully saturated rings. The van der Waals surface area contributed by atoms with Crippen LogP contribution in [0.2, 0.25) is 0 Å². The molecule has 5 aliphatic rings. The molecule has 6 rings (SSSR count). The predicted octanol–water partition coefficient (Wildman–Crippen LogP) is 2.22. The fraction of sp³-hybridized carbons (Fsp3) is 0.655. The highest BCUT2D eigenvalue weighted by Crippen LogP contribution is 2.43. The first-order valence-electron chi connectivity index (χ1n) is 14.2. The van der Waals surface area contributed by atoms with Gasteiger partial charge in [0.15, 0.2) is 0 Å². The van der Waals surface area contributed by atoms with E-state index in [4.69, 9.17) is 4.74 Å². The number of hydrogen-bond acceptors (Lipinski definition) is 7. The number of imide groups is 1. The third-order valence-electron chi connectivity index (χ3n) is 8.97. The average Bonchev–Trinajstić information content (AvgIpc) is 3.14. The second-order valence-electron chi connectivity index (χ2n) is 13.1. The molecule has 1 aromatic carbocycles. The van der Waals surface area contributed by atoms with Crippen molar-refractivity contribution in [1.82, 2.24) is 20.0 Å². The van der Waals surface area contributed by atoms with Crippen LogP contribution in [-0.4, -0.2) is 96.0 Å². The zero-order valence-electron chi connectivity index (χ0n) is 23.2. The maximum Gasteiger partial charge on any atom is 0.410 e. The van der Waals surface area contributed by atoms with Gasteiger partial charge in [-0.2, -0.15) is 0 Å². The van der Waals surface area contributed by atoms with E-state index in [2.05, 4.69) is 21.2 Å². The van der Waals surface area contributed by atoms with Crippen molar-refractivity contribution < 1.29 is 23.9 Å². The zero-order valence-corrected chi connectivity index (χ0v) is 23.2. The number of anilines is 1. The van der Waals surface area contributed by atoms with E-state index >= 15 is 0 Å². The topological polar surface area (TPSA) is 102 Å². The van der Waals surface area contributed by atoms with Crippen LogP contribution in [0, 0.1) is 11.3 Å². The number of rotatable bonds is 4. The number of ether oxygens (including phenoxy) is 1. The number of carbonyl (C=O) groups excluding carboxylic acids is 4. The van der Waals surface area contributed by atoms with Crippen LogP contribution in [0.4, 0.5) is 10.5 Å². The number of benzene rings is 1. The first-order chi connectivity index (χ1) is 18.5. The second-order valence-corrected chi connectivity index (χ2v) is 13.1. The molecule has 210 valence electrons. The Morgan fingerprint density at radius 1 is 1.10 bits per heavy atom. The number of nitrogens with zero attached hydrogens (tertiary/aromatic N) is 4. The number of hydrogen-bond donors (Lipinski definition) is 1. The molecule has 1 aromatic rings. The minimum Gasteiger partial charge on any atom is -0.444 e. The highest BCUT2D eigenvalue weighted by molar-refractivity contribution is 6.05. The van der Waals surface area contributed by atoms with Crippen LogP contribution < -0.4 is 10.2 Å². The lowest BCUT2D eigenvalue weighted by Gasteiger charge is -2.55. The fourth-order valence-electron chi connectivity index (χ4n) is 6.74. The molecule has 0 aromatic heterocycles. The van der Waals surface area contributed by atoms with E-state index in [1.54, 1.807) is 9.80 Å². The Hall–Kier alpha value is -3.14. The molecule has 5 aliphatic heterocycles. The largest absolute Gasteiger partial charge is 0.444 e. The van der Waals surface area contributed by atoms with Gasteiger partial charge in [0.25, 0.3) is 5.91 Å². The molecule has 1 atom stereocenters. The minimum atomic E-state index is -0.580. The molecule has 10 heteroatoms. The van der Waals surface area contributed by atoms with Crippen molar-refractivity contribution in [2.45, 2.75) is 64.6 Å². The van der Waals surface area contributed by atoms with Gasteiger partial charge < -0.3 is 24.3 Å². The number of amides is 4. The van der Waals surface area contributed by atoms with E-state index in [0.29, 0.717) is 29.9 Å². The zero-order chi connectivity index (χ0) is 27.5. The summed E-state index contributed by atoms with van der Waals surface area (Å²) in [5, 5.41) is 2.36. The predicted molar refractivity (Wildman–Crippen MR) is 144 cm³/mol. The maximum absolute atomic E-state index is 13.2. The molecule has 1 spiro atoms. The number of nitrogens with one attached hydrogen (secondary N) is 1. The van der Waals surface area contributed by atoms with E-state index in [1.165, 1.54) is 12.8 Å². The Morgan fingerprint density at radius 2 is 1.82 bits per heavy atom. The van der Waals surface area contributed by atoms with Gasteiger partial charge in [0, 0.05) is 68.3 Å². The normalized spacial score (nSPS) is 25.4. The summed E-state index contributed by atoms with van der Waals surface area (Å²) in [5.74, 6) is -0.242. The van der Waals surface area contributed by atoms with Crippen molar-refractivity contribution in [3.8, 4) is 0 Å². The summed E-state index contributed by atoms with van der Waals surface area (Å²) < 4.78 is 5.47. The van der Waals surface area contributed by atoms with Gasteiger partial charge in [-0.25, -0.2) is 4.79 Å². The summed E-state index contributed by atoms with van der Waals surface area (Å²) in [6, 6.07) is 5.51. The Labute approximate surface area is 229 Å². The molecule has 4 saturated heterocycles. The first-order valence-corrected chi connectivity index (χ1v) is 14.2. The van der Waals surface area contributed by atoms with Gasteiger partial charge in [-0.1, -0.05) is 6.07 Å². The van der Waals surface area contributed by atoms with Gasteiger partial charge in [0.1, 0.15) is 11.6 Å². The van der Waals surface area contributed by atoms with Crippen molar-refractivity contribution in [3.63, 3.8) is 0 Å². The monoisotopic (exact) mass is 537 g/mol. The van der Waals surface area contributed by atoms with Crippen LogP contribution in [0.25, 0.3) is 0 Å². The summed E-state index contributed by atoms with van der Waals surface area (Å²) >= 11 is 0. The molecule has 0 bridgehead atoms. The molecule has 4 amide bonds. The Bertz CT molecular complexity index is 1190. The lowest BCUT2D eigenvalue weighted by atomic mass is 9.71. The van der Waals surface area contributed by atoms with Crippen molar-refractivity contribution in [3.05, 3.63) is 29.3 Å². The molecule has 0 saturated carbocycles. The lowest BCUT2D eigenvalue weighted by Crippen LogP contribution is -2.61. The molecule has 0 radical (unpaired) electrons. The van der Waals surface area contributed by atoms with Crippen LogP contribution in [0.5, 0.6) is 0 Å². The van der Waals surface area contributed by atoms with Crippen LogP contribution >= 0.6 is 0 Å². The molecular formula is C29H39N5O5. The van der Waals surface area contributed by atoms with Crippen LogP contribution in [0.1, 0.15) is 62.4 Å². The van der Waals surface area contributed by atoms with Gasteiger partial charge in [-0.3, -0.25) is 19.7 Å². The summed E-state index contributed by atoms with van der Waals surface area (Å²) in [7, 11) is 0. The van der Waals surface area contributed by atoms with Crippen molar-refractivity contribution in [2.24, 2.45) is 11.3 Å². The fourth-order valence-corrected chi connectivity index (χ4v) is 6.74. The molecule has 0 aliphatic carbocycles. The first kappa shape index (κ1) is 26.1. The molecule has 1 unspecified atom stereocenters. The SMILES string of the molecule is CC(C)(C)OC(=O)N1CC(CN2CCC3(CC2)CN(c2ccc4c(c2)C(=O)N(C2CCC(=O)NC2=O)C4)C3)C1. The van der Waals surface area contributed by atoms with Gasteiger partial charge in [-0.05, 0) is 70.8 Å². The molecule has 10 nitrogen and oxygen atoms in total. The maximum atomic E-state index is 13.2. The number of carbonyl (C=O) groups is 4. The standard InChI is InChI=1S/C29H39N5O5/c1-28(2,3)39-27(38)32-14-19(15-32)13-31-10-8-29(9-11-31)17-33(18-29)21-5-4-20-16-34(26(37)22(20)12-21)23-6-7-24(35)30-25(23)36/h4-5,12,19,23H,6-11,13-18H2,1-3H3,(H,30,35,36). The van der Waals surface area contributed by atoms with Crippen molar-refractivity contribution >= 4 is 29.5 Å². The third kappa shape index (κ3) is 5.11. The van der Waals surface area contributed by atoms with Gasteiger partial charge in [0.05, 0.1) is 0 Å². The van der Waals surface area contributed by atoms with Crippen molar-refractivity contribution in [2.75, 3.05) is 50.7 Å². The molecular weight excluding hydrogens is 498 g/mol. The van der Waals surface area contributed by atoms with E-state index in [9.17, 15) is 19.2 Å². The molecule has 39 heavy (non-hydrogen) atoms. The molecule has 5 heterocycles. The Kier molecular flexibility index (Phi) is 6.36.